The first-order chi connectivity index (χ1) is 11.1. The van der Waals surface area contributed by atoms with Gasteiger partial charge in [0, 0.05) is 19.5 Å². The third-order valence-corrected chi connectivity index (χ3v) is 4.87. The molecule has 1 N–H and O–H groups in total. The average Bonchev–Trinajstić information content (AvgIpc) is 3.35. The second-order valence-electron chi connectivity index (χ2n) is 6.48. The van der Waals surface area contributed by atoms with Crippen LogP contribution in [0.15, 0.2) is 30.3 Å². The molecule has 3 atom stereocenters. The molecule has 1 heterocycles. The van der Waals surface area contributed by atoms with E-state index in [0.29, 0.717) is 44.6 Å². The zero-order chi connectivity index (χ0) is 16.2. The molecular weight excluding hydrogens is 294 g/mol. The normalized spacial score (nSPS) is 25.0. The van der Waals surface area contributed by atoms with Gasteiger partial charge in [-0.25, -0.2) is 0 Å². The third-order valence-electron chi connectivity index (χ3n) is 4.87. The maximum Gasteiger partial charge on any atom is 0.307 e. The van der Waals surface area contributed by atoms with Gasteiger partial charge in [0.15, 0.2) is 0 Å². The summed E-state index contributed by atoms with van der Waals surface area (Å²) >= 11 is 0. The van der Waals surface area contributed by atoms with Crippen molar-refractivity contribution in [2.75, 3.05) is 26.3 Å². The first-order valence-corrected chi connectivity index (χ1v) is 8.28. The van der Waals surface area contributed by atoms with Crippen LogP contribution in [0.4, 0.5) is 0 Å². The molecule has 1 saturated carbocycles. The minimum atomic E-state index is -0.856. The molecule has 0 spiro atoms. The Morgan fingerprint density at radius 1 is 1.22 bits per heavy atom. The van der Waals surface area contributed by atoms with E-state index in [4.69, 9.17) is 4.74 Å². The van der Waals surface area contributed by atoms with Crippen molar-refractivity contribution in [3.63, 3.8) is 0 Å². The number of nitrogens with zero attached hydrogens (tertiary/aromatic N) is 1. The van der Waals surface area contributed by atoms with E-state index in [9.17, 15) is 14.7 Å². The van der Waals surface area contributed by atoms with Crippen molar-refractivity contribution in [1.82, 2.24) is 4.90 Å². The Morgan fingerprint density at radius 2 is 1.91 bits per heavy atom. The Hall–Kier alpha value is -1.88. The Balaban J connectivity index is 1.53. The largest absolute Gasteiger partial charge is 0.481 e. The van der Waals surface area contributed by atoms with Crippen molar-refractivity contribution in [2.45, 2.75) is 25.2 Å². The number of carbonyl (C=O) groups is 2. The van der Waals surface area contributed by atoms with Crippen LogP contribution in [0.25, 0.3) is 0 Å². The number of carbonyl (C=O) groups excluding carboxylic acids is 1. The fraction of sp³-hybridized carbons (Fsp3) is 0.556. The number of amides is 1. The molecule has 124 valence electrons. The number of carboxylic acid groups (broad SMARTS) is 1. The summed E-state index contributed by atoms with van der Waals surface area (Å²) in [5, 5.41) is 9.46. The molecular formula is C18H23NO4. The second-order valence-corrected chi connectivity index (χ2v) is 6.48. The molecule has 0 aromatic heterocycles. The minimum absolute atomic E-state index is 0.0578. The summed E-state index contributed by atoms with van der Waals surface area (Å²) in [5.74, 6) is -0.653. The van der Waals surface area contributed by atoms with E-state index in [-0.39, 0.29) is 12.3 Å². The smallest absolute Gasteiger partial charge is 0.307 e. The molecule has 1 aromatic rings. The highest BCUT2D eigenvalue weighted by molar-refractivity contribution is 5.82. The van der Waals surface area contributed by atoms with Crippen LogP contribution in [0.2, 0.25) is 0 Å². The van der Waals surface area contributed by atoms with Crippen molar-refractivity contribution in [2.24, 2.45) is 11.8 Å². The highest BCUT2D eigenvalue weighted by Gasteiger charge is 2.41. The summed E-state index contributed by atoms with van der Waals surface area (Å²) in [7, 11) is 0. The van der Waals surface area contributed by atoms with Crippen molar-refractivity contribution >= 4 is 11.9 Å². The molecule has 3 rings (SSSR count). The maximum atomic E-state index is 12.3. The lowest BCUT2D eigenvalue weighted by molar-refractivity contribution is -0.147. The summed E-state index contributed by atoms with van der Waals surface area (Å²) in [6.45, 7) is 2.23. The quantitative estimate of drug-likeness (QED) is 0.873. The number of aliphatic carboxylic acids is 1. The molecule has 23 heavy (non-hydrogen) atoms. The Bertz CT molecular complexity index is 553. The third kappa shape index (κ3) is 4.10. The standard InChI is InChI=1S/C18H23NO4/c20-17(19-6-8-23-9-7-19)12-15(18(21)22)10-14-11-16(14)13-4-2-1-3-5-13/h1-5,14-16H,6-12H2,(H,21,22). The zero-order valence-electron chi connectivity index (χ0n) is 13.2. The Kier molecular flexibility index (Phi) is 4.96. The first kappa shape index (κ1) is 16.0. The van der Waals surface area contributed by atoms with Gasteiger partial charge < -0.3 is 14.7 Å². The summed E-state index contributed by atoms with van der Waals surface area (Å²) in [5.41, 5.74) is 1.28. The van der Waals surface area contributed by atoms with Gasteiger partial charge in [0.2, 0.25) is 5.91 Å². The number of benzene rings is 1. The van der Waals surface area contributed by atoms with Crippen molar-refractivity contribution in [1.29, 1.82) is 0 Å². The summed E-state index contributed by atoms with van der Waals surface area (Å²) in [6, 6.07) is 10.2. The molecule has 1 aliphatic carbocycles. The predicted molar refractivity (Wildman–Crippen MR) is 85.0 cm³/mol. The van der Waals surface area contributed by atoms with Gasteiger partial charge in [0.1, 0.15) is 0 Å². The molecule has 2 aliphatic rings. The van der Waals surface area contributed by atoms with E-state index < -0.39 is 11.9 Å². The van der Waals surface area contributed by atoms with Crippen LogP contribution >= 0.6 is 0 Å². The Labute approximate surface area is 136 Å². The number of rotatable bonds is 6. The van der Waals surface area contributed by atoms with Gasteiger partial charge in [-0.1, -0.05) is 30.3 Å². The maximum absolute atomic E-state index is 12.3. The number of carboxylic acids is 1. The van der Waals surface area contributed by atoms with Crippen LogP contribution in [0.5, 0.6) is 0 Å². The summed E-state index contributed by atoms with van der Waals surface area (Å²) in [4.78, 5) is 25.5. The van der Waals surface area contributed by atoms with Gasteiger partial charge >= 0.3 is 5.97 Å². The average molecular weight is 317 g/mol. The van der Waals surface area contributed by atoms with Gasteiger partial charge in [0.25, 0.3) is 0 Å². The van der Waals surface area contributed by atoms with E-state index in [0.717, 1.165) is 6.42 Å². The first-order valence-electron chi connectivity index (χ1n) is 8.28. The van der Waals surface area contributed by atoms with Crippen LogP contribution in [0.3, 0.4) is 0 Å². The van der Waals surface area contributed by atoms with Crippen LogP contribution in [0.1, 0.15) is 30.7 Å². The number of ether oxygens (including phenoxy) is 1. The van der Waals surface area contributed by atoms with E-state index in [2.05, 4.69) is 12.1 Å². The second kappa shape index (κ2) is 7.13. The molecule has 5 nitrogen and oxygen atoms in total. The van der Waals surface area contributed by atoms with Crippen molar-refractivity contribution in [3.8, 4) is 0 Å². The van der Waals surface area contributed by atoms with Crippen LogP contribution in [0, 0.1) is 11.8 Å². The lowest BCUT2D eigenvalue weighted by Crippen LogP contribution is -2.41. The summed E-state index contributed by atoms with van der Waals surface area (Å²) < 4.78 is 5.23. The molecule has 2 fully saturated rings. The van der Waals surface area contributed by atoms with Gasteiger partial charge in [-0.15, -0.1) is 0 Å². The highest BCUT2D eigenvalue weighted by Crippen LogP contribution is 2.51. The lowest BCUT2D eigenvalue weighted by Gasteiger charge is -2.27. The topological polar surface area (TPSA) is 66.8 Å². The van der Waals surface area contributed by atoms with E-state index in [1.54, 1.807) is 4.90 Å². The highest BCUT2D eigenvalue weighted by atomic mass is 16.5. The molecule has 1 amide bonds. The Morgan fingerprint density at radius 3 is 2.57 bits per heavy atom. The van der Waals surface area contributed by atoms with Crippen LogP contribution < -0.4 is 0 Å². The number of hydrogen-bond acceptors (Lipinski definition) is 3. The molecule has 0 radical (unpaired) electrons. The molecule has 5 heteroatoms. The van der Waals surface area contributed by atoms with E-state index >= 15 is 0 Å². The van der Waals surface area contributed by atoms with Gasteiger partial charge in [-0.2, -0.15) is 0 Å². The SMILES string of the molecule is O=C(O)C(CC(=O)N1CCOCC1)CC1CC1c1ccccc1. The molecule has 3 unspecified atom stereocenters. The van der Waals surface area contributed by atoms with Crippen molar-refractivity contribution < 1.29 is 19.4 Å². The zero-order valence-corrected chi connectivity index (χ0v) is 13.2. The molecule has 1 aliphatic heterocycles. The van der Waals surface area contributed by atoms with Crippen molar-refractivity contribution in [3.05, 3.63) is 35.9 Å². The van der Waals surface area contributed by atoms with Gasteiger partial charge in [-0.05, 0) is 30.2 Å². The fourth-order valence-electron chi connectivity index (χ4n) is 3.41. The van der Waals surface area contributed by atoms with Crippen LogP contribution in [-0.4, -0.2) is 48.2 Å². The van der Waals surface area contributed by atoms with Crippen LogP contribution in [-0.2, 0) is 14.3 Å². The fourth-order valence-corrected chi connectivity index (χ4v) is 3.41. The lowest BCUT2D eigenvalue weighted by atomic mass is 9.95. The molecule has 0 bridgehead atoms. The van der Waals surface area contributed by atoms with E-state index in [1.807, 2.05) is 18.2 Å². The number of hydrogen-bond donors (Lipinski definition) is 1. The summed E-state index contributed by atoms with van der Waals surface area (Å²) in [6.07, 6.45) is 1.72. The van der Waals surface area contributed by atoms with E-state index in [1.165, 1.54) is 5.56 Å². The van der Waals surface area contributed by atoms with Gasteiger partial charge in [0.05, 0.1) is 19.1 Å². The predicted octanol–water partition coefficient (Wildman–Crippen LogP) is 2.13. The molecule has 1 saturated heterocycles. The number of morpholine rings is 1. The van der Waals surface area contributed by atoms with Gasteiger partial charge in [-0.3, -0.25) is 9.59 Å². The monoisotopic (exact) mass is 317 g/mol. The minimum Gasteiger partial charge on any atom is -0.481 e. The molecule has 1 aromatic carbocycles.